The van der Waals surface area contributed by atoms with E-state index >= 15 is 0 Å². The Hall–Kier alpha value is -2.23. The molecule has 0 bridgehead atoms. The maximum Gasteiger partial charge on any atom is 0.305 e. The molecular formula is C33H34Br3NO5. The van der Waals surface area contributed by atoms with Crippen LogP contribution in [0.1, 0.15) is 76.8 Å². The fourth-order valence-electron chi connectivity index (χ4n) is 6.48. The summed E-state index contributed by atoms with van der Waals surface area (Å²) >= 11 is 10.9. The summed E-state index contributed by atoms with van der Waals surface area (Å²) in [6.45, 7) is 8.89. The van der Waals surface area contributed by atoms with Gasteiger partial charge in [-0.3, -0.25) is 14.4 Å². The van der Waals surface area contributed by atoms with Gasteiger partial charge >= 0.3 is 5.97 Å². The number of halogens is 3. The Balaban J connectivity index is 1.63. The van der Waals surface area contributed by atoms with Crippen molar-refractivity contribution >= 4 is 65.3 Å². The van der Waals surface area contributed by atoms with Crippen molar-refractivity contribution in [3.63, 3.8) is 0 Å². The first kappa shape index (κ1) is 31.2. The number of nitrogens with zero attached hydrogens (tertiary/aromatic N) is 1. The van der Waals surface area contributed by atoms with E-state index in [1.165, 1.54) is 0 Å². The van der Waals surface area contributed by atoms with Crippen molar-refractivity contribution in [1.29, 1.82) is 0 Å². The van der Waals surface area contributed by atoms with Gasteiger partial charge in [0.2, 0.25) is 0 Å². The lowest BCUT2D eigenvalue weighted by Gasteiger charge is -2.49. The zero-order chi connectivity index (χ0) is 30.6. The maximum atomic E-state index is 14.0. The van der Waals surface area contributed by atoms with E-state index in [4.69, 9.17) is 4.74 Å². The highest BCUT2D eigenvalue weighted by Gasteiger charge is 2.49. The average molecular weight is 764 g/mol. The molecule has 0 saturated heterocycles. The molecule has 42 heavy (non-hydrogen) atoms. The smallest absolute Gasteiger partial charge is 0.305 e. The first-order chi connectivity index (χ1) is 19.7. The summed E-state index contributed by atoms with van der Waals surface area (Å²) in [5.41, 5.74) is 4.24. The number of hydrogen-bond donors (Lipinski definition) is 1. The molecule has 6 nitrogen and oxygen atoms in total. The van der Waals surface area contributed by atoms with Gasteiger partial charge in [-0.05, 0) is 90.9 Å². The van der Waals surface area contributed by atoms with Crippen LogP contribution in [-0.4, -0.2) is 34.1 Å². The predicted octanol–water partition coefficient (Wildman–Crippen LogP) is 8.71. The number of ether oxygens (including phenoxy) is 1. The Bertz CT molecular complexity index is 1460. The van der Waals surface area contributed by atoms with Crippen LogP contribution in [0.4, 0.5) is 0 Å². The van der Waals surface area contributed by atoms with Crippen molar-refractivity contribution in [2.24, 2.45) is 10.8 Å². The molecule has 9 heteroatoms. The quantitative estimate of drug-likeness (QED) is 0.304. The third-order valence-corrected chi connectivity index (χ3v) is 9.93. The predicted molar refractivity (Wildman–Crippen MR) is 172 cm³/mol. The number of carbonyl (C=O) groups excluding carboxylic acids is 2. The molecule has 3 aliphatic rings. The van der Waals surface area contributed by atoms with E-state index < -0.39 is 11.9 Å². The van der Waals surface area contributed by atoms with Crippen molar-refractivity contribution < 1.29 is 24.2 Å². The van der Waals surface area contributed by atoms with Crippen LogP contribution >= 0.6 is 47.8 Å². The average Bonchev–Trinajstić information content (AvgIpc) is 2.86. The zero-order valence-electron chi connectivity index (χ0n) is 24.2. The van der Waals surface area contributed by atoms with Gasteiger partial charge in [0.1, 0.15) is 12.4 Å². The summed E-state index contributed by atoms with van der Waals surface area (Å²) in [4.78, 5) is 41.6. The lowest BCUT2D eigenvalue weighted by Crippen LogP contribution is -2.45. The zero-order valence-corrected chi connectivity index (χ0v) is 28.9. The third-order valence-electron chi connectivity index (χ3n) is 8.22. The van der Waals surface area contributed by atoms with E-state index in [2.05, 4.69) is 75.5 Å². The molecule has 0 saturated carbocycles. The van der Waals surface area contributed by atoms with Gasteiger partial charge in [0.05, 0.1) is 15.4 Å². The van der Waals surface area contributed by atoms with Gasteiger partial charge in [-0.2, -0.15) is 0 Å². The van der Waals surface area contributed by atoms with Crippen LogP contribution in [0, 0.1) is 10.8 Å². The van der Waals surface area contributed by atoms with E-state index in [1.54, 1.807) is 0 Å². The highest BCUT2D eigenvalue weighted by Crippen LogP contribution is 2.55. The van der Waals surface area contributed by atoms with E-state index in [-0.39, 0.29) is 35.4 Å². The molecule has 1 heterocycles. The second-order valence-electron chi connectivity index (χ2n) is 13.1. The van der Waals surface area contributed by atoms with Gasteiger partial charge in [0.15, 0.2) is 11.6 Å². The monoisotopic (exact) mass is 761 g/mol. The molecular weight excluding hydrogens is 730 g/mol. The van der Waals surface area contributed by atoms with Crippen LogP contribution in [0.25, 0.3) is 0 Å². The minimum atomic E-state index is -0.907. The maximum absolute atomic E-state index is 14.0. The number of carbonyl (C=O) groups is 3. The standard InChI is InChI=1S/C33H34Br3NO5/c1-32(2)13-23-29(25(38)15-32)28(30-24(37(23)10-9-27(40)41)14-33(3,4)16-26(30)39)19-11-21(35)31(22(36)12-19)42-17-18-5-7-20(34)8-6-18/h5-8,11-12,28H,9-10,13-17H2,1-4H3,(H,40,41). The lowest BCUT2D eigenvalue weighted by atomic mass is 9.63. The highest BCUT2D eigenvalue weighted by molar-refractivity contribution is 9.11. The lowest BCUT2D eigenvalue weighted by molar-refractivity contribution is -0.137. The Kier molecular flexibility index (Phi) is 8.69. The van der Waals surface area contributed by atoms with Crippen LogP contribution in [0.5, 0.6) is 5.75 Å². The van der Waals surface area contributed by atoms with Gasteiger partial charge in [0.25, 0.3) is 0 Å². The van der Waals surface area contributed by atoms with Crippen molar-refractivity contribution in [3.05, 3.63) is 83.5 Å². The summed E-state index contributed by atoms with van der Waals surface area (Å²) in [6, 6.07) is 11.8. The number of carboxylic acid groups (broad SMARTS) is 1. The van der Waals surface area contributed by atoms with Crippen molar-refractivity contribution in [3.8, 4) is 5.75 Å². The molecule has 0 aromatic heterocycles. The van der Waals surface area contributed by atoms with Crippen LogP contribution in [0.15, 0.2) is 72.4 Å². The van der Waals surface area contributed by atoms with Gasteiger partial charge in [-0.15, -0.1) is 0 Å². The number of carboxylic acids is 1. The number of Topliss-reactive ketones (excluding diaryl/α,β-unsaturated/α-hetero) is 2. The fraction of sp³-hybridized carbons (Fsp3) is 0.424. The highest BCUT2D eigenvalue weighted by atomic mass is 79.9. The van der Waals surface area contributed by atoms with Gasteiger partial charge in [-0.25, -0.2) is 0 Å². The van der Waals surface area contributed by atoms with Gasteiger partial charge in [-0.1, -0.05) is 55.8 Å². The van der Waals surface area contributed by atoms with Crippen LogP contribution in [0.3, 0.4) is 0 Å². The van der Waals surface area contributed by atoms with Crippen LogP contribution in [0.2, 0.25) is 0 Å². The summed E-state index contributed by atoms with van der Waals surface area (Å²) in [7, 11) is 0. The molecule has 0 unspecified atom stereocenters. The number of allylic oxidation sites excluding steroid dienone is 4. The number of ketones is 2. The second kappa shape index (κ2) is 11.7. The molecule has 0 atom stereocenters. The molecule has 0 radical (unpaired) electrons. The molecule has 2 aromatic carbocycles. The summed E-state index contributed by atoms with van der Waals surface area (Å²) in [6.07, 6.45) is 1.92. The minimum Gasteiger partial charge on any atom is -0.487 e. The van der Waals surface area contributed by atoms with E-state index in [0.29, 0.717) is 58.1 Å². The molecule has 0 spiro atoms. The minimum absolute atomic E-state index is 0.0126. The molecule has 2 aliphatic carbocycles. The SMILES string of the molecule is CC1(C)CC(=O)C2=C(C1)N(CCC(=O)O)C1=C(C(=O)CC(C)(C)C1)C2c1cc(Br)c(OCc2ccc(Br)cc2)c(Br)c1. The molecule has 0 amide bonds. The first-order valence-electron chi connectivity index (χ1n) is 14.0. The fourth-order valence-corrected chi connectivity index (χ4v) is 8.19. The van der Waals surface area contributed by atoms with Crippen LogP contribution < -0.4 is 4.74 Å². The summed E-state index contributed by atoms with van der Waals surface area (Å²) in [5.74, 6) is -0.777. The van der Waals surface area contributed by atoms with E-state index in [1.807, 2.05) is 41.3 Å². The van der Waals surface area contributed by atoms with Gasteiger partial charge < -0.3 is 14.7 Å². The van der Waals surface area contributed by atoms with E-state index in [9.17, 15) is 19.5 Å². The van der Waals surface area contributed by atoms with Crippen LogP contribution in [-0.2, 0) is 21.0 Å². The molecule has 1 aliphatic heterocycles. The molecule has 222 valence electrons. The molecule has 0 fully saturated rings. The number of benzene rings is 2. The number of aliphatic carboxylic acids is 1. The van der Waals surface area contributed by atoms with Crippen molar-refractivity contribution in [2.45, 2.75) is 72.3 Å². The number of rotatable bonds is 7. The largest absolute Gasteiger partial charge is 0.487 e. The summed E-state index contributed by atoms with van der Waals surface area (Å²) < 4.78 is 8.62. The molecule has 2 aromatic rings. The van der Waals surface area contributed by atoms with Crippen molar-refractivity contribution in [1.82, 2.24) is 4.90 Å². The summed E-state index contributed by atoms with van der Waals surface area (Å²) in [5, 5.41) is 9.57. The first-order valence-corrected chi connectivity index (χ1v) is 16.4. The van der Waals surface area contributed by atoms with Gasteiger partial charge in [0, 0.05) is 52.3 Å². The number of hydrogen-bond acceptors (Lipinski definition) is 5. The van der Waals surface area contributed by atoms with E-state index in [0.717, 1.165) is 27.0 Å². The Morgan fingerprint density at radius 1 is 0.881 bits per heavy atom. The Morgan fingerprint density at radius 3 is 1.86 bits per heavy atom. The Morgan fingerprint density at radius 2 is 1.38 bits per heavy atom. The molecule has 1 N–H and O–H groups in total. The van der Waals surface area contributed by atoms with Crippen molar-refractivity contribution in [2.75, 3.05) is 6.54 Å². The topological polar surface area (TPSA) is 83.9 Å². The molecule has 5 rings (SSSR count). The Labute approximate surface area is 272 Å². The second-order valence-corrected chi connectivity index (χ2v) is 15.7. The third kappa shape index (κ3) is 6.34. The normalized spacial score (nSPS) is 20.0.